The first-order valence-corrected chi connectivity index (χ1v) is 9.87. The molecule has 1 heterocycles. The third-order valence-corrected chi connectivity index (χ3v) is 6.05. The van der Waals surface area contributed by atoms with Crippen LogP contribution in [-0.4, -0.2) is 27.7 Å². The van der Waals surface area contributed by atoms with E-state index in [-0.39, 0.29) is 21.3 Å². The van der Waals surface area contributed by atoms with Crippen LogP contribution in [0.4, 0.5) is 0 Å². The Kier molecular flexibility index (Phi) is 4.64. The van der Waals surface area contributed by atoms with Gasteiger partial charge in [-0.3, -0.25) is 0 Å². The molecule has 25 heavy (non-hydrogen) atoms. The molecule has 1 fully saturated rings. The Bertz CT molecular complexity index is 858. The van der Waals surface area contributed by atoms with Crippen LogP contribution >= 0.6 is 0 Å². The van der Waals surface area contributed by atoms with Crippen molar-refractivity contribution in [2.24, 2.45) is 0 Å². The average Bonchev–Trinajstić information content (AvgIpc) is 3.36. The van der Waals surface area contributed by atoms with E-state index in [1.165, 1.54) is 0 Å². The van der Waals surface area contributed by atoms with Crippen LogP contribution in [-0.2, 0) is 20.0 Å². The van der Waals surface area contributed by atoms with Crippen LogP contribution in [0.5, 0.6) is 5.75 Å². The molecule has 0 aliphatic carbocycles. The van der Waals surface area contributed by atoms with Crippen molar-refractivity contribution in [2.45, 2.75) is 49.0 Å². The van der Waals surface area contributed by atoms with Gasteiger partial charge in [0, 0.05) is 0 Å². The second-order valence-electron chi connectivity index (χ2n) is 7.49. The van der Waals surface area contributed by atoms with Gasteiger partial charge in [-0.1, -0.05) is 44.5 Å². The Balaban J connectivity index is 2.07. The summed E-state index contributed by atoms with van der Waals surface area (Å²) in [5, 5.41) is 0. The number of ether oxygens (including phenoxy) is 2. The lowest BCUT2D eigenvalue weighted by molar-refractivity contribution is 0.257. The molecule has 1 unspecified atom stereocenters. The Morgan fingerprint density at radius 2 is 1.76 bits per heavy atom. The van der Waals surface area contributed by atoms with Crippen LogP contribution in [0, 0.1) is 6.92 Å². The highest BCUT2D eigenvalue weighted by atomic mass is 32.2. The molecule has 0 aromatic heterocycles. The van der Waals surface area contributed by atoms with E-state index in [2.05, 4.69) is 20.8 Å². The highest BCUT2D eigenvalue weighted by molar-refractivity contribution is 7.91. The van der Waals surface area contributed by atoms with Crippen molar-refractivity contribution in [3.63, 3.8) is 0 Å². The van der Waals surface area contributed by atoms with Gasteiger partial charge in [0.1, 0.15) is 23.4 Å². The monoisotopic (exact) mass is 360 g/mol. The topological polar surface area (TPSA) is 55.9 Å². The van der Waals surface area contributed by atoms with E-state index in [9.17, 15) is 8.42 Å². The molecule has 0 bridgehead atoms. The molecule has 1 aliphatic rings. The molecule has 1 aliphatic heterocycles. The molecule has 1 atom stereocenters. The molecule has 5 heteroatoms. The number of rotatable bonds is 5. The largest absolute Gasteiger partial charge is 0.489 e. The van der Waals surface area contributed by atoms with E-state index in [0.717, 1.165) is 11.1 Å². The minimum atomic E-state index is -3.66. The first-order chi connectivity index (χ1) is 11.7. The number of epoxide rings is 1. The lowest BCUT2D eigenvalue weighted by Crippen LogP contribution is -2.14. The van der Waals surface area contributed by atoms with E-state index < -0.39 is 9.84 Å². The molecule has 2 aromatic carbocycles. The van der Waals surface area contributed by atoms with E-state index in [4.69, 9.17) is 9.47 Å². The molecule has 4 nitrogen and oxygen atoms in total. The maximum Gasteiger partial charge on any atom is 0.210 e. The quantitative estimate of drug-likeness (QED) is 0.759. The summed E-state index contributed by atoms with van der Waals surface area (Å²) in [6, 6.07) is 12.3. The molecular weight excluding hydrogens is 336 g/mol. The number of benzene rings is 2. The van der Waals surface area contributed by atoms with Gasteiger partial charge in [-0.25, -0.2) is 8.42 Å². The third-order valence-electron chi connectivity index (χ3n) is 4.26. The zero-order chi connectivity index (χ0) is 18.2. The fourth-order valence-electron chi connectivity index (χ4n) is 2.50. The second kappa shape index (κ2) is 6.46. The minimum absolute atomic E-state index is 0.0669. The summed E-state index contributed by atoms with van der Waals surface area (Å²) in [4.78, 5) is 0.487. The summed E-state index contributed by atoms with van der Waals surface area (Å²) in [5.41, 5.74) is 1.81. The van der Waals surface area contributed by atoms with Gasteiger partial charge in [-0.05, 0) is 42.2 Å². The Morgan fingerprint density at radius 1 is 1.12 bits per heavy atom. The summed E-state index contributed by atoms with van der Waals surface area (Å²) in [7, 11) is -3.66. The first-order valence-electron chi connectivity index (χ1n) is 8.38. The molecule has 3 rings (SSSR count). The molecule has 0 amide bonds. The van der Waals surface area contributed by atoms with E-state index in [1.54, 1.807) is 36.4 Å². The Hall–Kier alpha value is -1.85. The number of aryl methyl sites for hydroxylation is 1. The lowest BCUT2D eigenvalue weighted by atomic mass is 9.87. The fraction of sp³-hybridized carbons (Fsp3) is 0.400. The van der Waals surface area contributed by atoms with Crippen molar-refractivity contribution in [1.29, 1.82) is 0 Å². The van der Waals surface area contributed by atoms with Crippen LogP contribution in [0.25, 0.3) is 0 Å². The zero-order valence-electron chi connectivity index (χ0n) is 15.1. The van der Waals surface area contributed by atoms with Crippen molar-refractivity contribution < 1.29 is 17.9 Å². The lowest BCUT2D eigenvalue weighted by Gasteiger charge is -2.21. The predicted molar refractivity (Wildman–Crippen MR) is 97.0 cm³/mol. The zero-order valence-corrected chi connectivity index (χ0v) is 15.9. The molecule has 1 saturated heterocycles. The second-order valence-corrected chi connectivity index (χ2v) is 9.41. The molecular formula is C20H24O4S. The molecule has 2 aromatic rings. The van der Waals surface area contributed by atoms with Gasteiger partial charge in [0.25, 0.3) is 0 Å². The highest BCUT2D eigenvalue weighted by Crippen LogP contribution is 2.34. The van der Waals surface area contributed by atoms with Crippen molar-refractivity contribution >= 4 is 9.84 Å². The van der Waals surface area contributed by atoms with Crippen LogP contribution in [0.3, 0.4) is 0 Å². The van der Waals surface area contributed by atoms with Crippen molar-refractivity contribution in [2.75, 3.05) is 13.2 Å². The van der Waals surface area contributed by atoms with Crippen molar-refractivity contribution in [3.8, 4) is 5.75 Å². The van der Waals surface area contributed by atoms with Gasteiger partial charge in [0.15, 0.2) is 0 Å². The Labute approximate surface area is 149 Å². The molecule has 0 radical (unpaired) electrons. The van der Waals surface area contributed by atoms with Gasteiger partial charge >= 0.3 is 0 Å². The van der Waals surface area contributed by atoms with Gasteiger partial charge in [0.2, 0.25) is 9.84 Å². The molecule has 0 N–H and O–H groups in total. The minimum Gasteiger partial charge on any atom is -0.489 e. The summed E-state index contributed by atoms with van der Waals surface area (Å²) < 4.78 is 37.3. The summed E-state index contributed by atoms with van der Waals surface area (Å²) in [6.45, 7) is 9.14. The first kappa shape index (κ1) is 18.0. The number of sulfone groups is 1. The van der Waals surface area contributed by atoms with Crippen molar-refractivity contribution in [3.05, 3.63) is 53.6 Å². The molecule has 0 saturated carbocycles. The maximum absolute atomic E-state index is 13.2. The van der Waals surface area contributed by atoms with Gasteiger partial charge in [-0.15, -0.1) is 0 Å². The van der Waals surface area contributed by atoms with Gasteiger partial charge in [-0.2, -0.15) is 0 Å². The smallest absolute Gasteiger partial charge is 0.210 e. The SMILES string of the molecule is Cc1ccc(S(=O)(=O)c2cc(C(C)(C)C)ccc2OCC2CO2)cc1. The molecule has 0 spiro atoms. The third kappa shape index (κ3) is 4.05. The normalized spacial score (nSPS) is 17.4. The summed E-state index contributed by atoms with van der Waals surface area (Å²) >= 11 is 0. The fourth-order valence-corrected chi connectivity index (χ4v) is 3.92. The van der Waals surface area contributed by atoms with Crippen LogP contribution in [0.2, 0.25) is 0 Å². The van der Waals surface area contributed by atoms with E-state index in [1.807, 2.05) is 13.0 Å². The molecule has 134 valence electrons. The highest BCUT2D eigenvalue weighted by Gasteiger charge is 2.28. The summed E-state index contributed by atoms with van der Waals surface area (Å²) in [6.07, 6.45) is 0.0669. The number of hydrogen-bond donors (Lipinski definition) is 0. The predicted octanol–water partition coefficient (Wildman–Crippen LogP) is 3.90. The van der Waals surface area contributed by atoms with Gasteiger partial charge < -0.3 is 9.47 Å². The number of hydrogen-bond acceptors (Lipinski definition) is 4. The average molecular weight is 360 g/mol. The van der Waals surface area contributed by atoms with Gasteiger partial charge in [0.05, 0.1) is 11.5 Å². The van der Waals surface area contributed by atoms with E-state index >= 15 is 0 Å². The van der Waals surface area contributed by atoms with E-state index in [0.29, 0.717) is 19.0 Å². The standard InChI is InChI=1S/C20H24O4S/c1-14-5-8-17(9-6-14)25(21,22)19-11-15(20(2,3)4)7-10-18(19)24-13-16-12-23-16/h5-11,16H,12-13H2,1-4H3. The van der Waals surface area contributed by atoms with Crippen LogP contribution in [0.15, 0.2) is 52.3 Å². The maximum atomic E-state index is 13.2. The van der Waals surface area contributed by atoms with Crippen molar-refractivity contribution in [1.82, 2.24) is 0 Å². The van der Waals surface area contributed by atoms with Crippen LogP contribution in [0.1, 0.15) is 31.9 Å². The summed E-state index contributed by atoms with van der Waals surface area (Å²) in [5.74, 6) is 0.379. The van der Waals surface area contributed by atoms with Crippen LogP contribution < -0.4 is 4.74 Å². The Morgan fingerprint density at radius 3 is 2.32 bits per heavy atom.